The highest BCUT2D eigenvalue weighted by molar-refractivity contribution is 9.09. The molecular formula is C10H12BrFO. The van der Waals surface area contributed by atoms with Gasteiger partial charge in [0.1, 0.15) is 17.2 Å². The summed E-state index contributed by atoms with van der Waals surface area (Å²) >= 11 is 3.33. The summed E-state index contributed by atoms with van der Waals surface area (Å²) in [4.78, 5) is 0. The zero-order valence-electron chi connectivity index (χ0n) is 7.68. The van der Waals surface area contributed by atoms with Gasteiger partial charge in [0, 0.05) is 11.4 Å². The van der Waals surface area contributed by atoms with Gasteiger partial charge in [0.2, 0.25) is 0 Å². The van der Waals surface area contributed by atoms with E-state index in [0.717, 1.165) is 0 Å². The Bertz CT molecular complexity index is 286. The molecule has 0 aliphatic carbocycles. The Hall–Kier alpha value is -0.570. The van der Waals surface area contributed by atoms with Crippen molar-refractivity contribution in [2.75, 3.05) is 5.33 Å². The first-order valence-corrected chi connectivity index (χ1v) is 5.16. The first-order chi connectivity index (χ1) is 6.03. The third kappa shape index (κ3) is 3.35. The molecule has 0 heterocycles. The first kappa shape index (κ1) is 10.5. The number of halogens is 2. The quantitative estimate of drug-likeness (QED) is 0.744. The maximum atomic E-state index is 12.8. The summed E-state index contributed by atoms with van der Waals surface area (Å²) in [7, 11) is 0. The van der Waals surface area contributed by atoms with Gasteiger partial charge in [0.05, 0.1) is 0 Å². The molecule has 0 saturated carbocycles. The summed E-state index contributed by atoms with van der Waals surface area (Å²) < 4.78 is 18.3. The van der Waals surface area contributed by atoms with Crippen LogP contribution >= 0.6 is 15.9 Å². The number of alkyl halides is 1. The summed E-state index contributed by atoms with van der Waals surface area (Å²) in [5.41, 5.74) is -0.312. The van der Waals surface area contributed by atoms with Crippen molar-refractivity contribution in [2.45, 2.75) is 19.4 Å². The van der Waals surface area contributed by atoms with Crippen molar-refractivity contribution in [1.29, 1.82) is 0 Å². The average molecular weight is 247 g/mol. The number of hydrogen-bond donors (Lipinski definition) is 0. The van der Waals surface area contributed by atoms with Crippen LogP contribution in [0, 0.1) is 5.82 Å². The summed E-state index contributed by atoms with van der Waals surface area (Å²) in [6.07, 6.45) is 0. The van der Waals surface area contributed by atoms with Crippen molar-refractivity contribution in [3.63, 3.8) is 0 Å². The van der Waals surface area contributed by atoms with Gasteiger partial charge in [-0.15, -0.1) is 0 Å². The summed E-state index contributed by atoms with van der Waals surface area (Å²) in [6, 6.07) is 6.15. The van der Waals surface area contributed by atoms with E-state index in [4.69, 9.17) is 4.74 Å². The van der Waals surface area contributed by atoms with Crippen LogP contribution in [0.3, 0.4) is 0 Å². The van der Waals surface area contributed by atoms with Crippen LogP contribution in [0.4, 0.5) is 4.39 Å². The third-order valence-corrected chi connectivity index (χ3v) is 2.86. The van der Waals surface area contributed by atoms with Crippen molar-refractivity contribution >= 4 is 15.9 Å². The van der Waals surface area contributed by atoms with Crippen molar-refractivity contribution < 1.29 is 9.13 Å². The molecule has 1 nitrogen and oxygen atoms in total. The van der Waals surface area contributed by atoms with Crippen LogP contribution in [0.15, 0.2) is 24.3 Å². The Labute approximate surface area is 86.0 Å². The van der Waals surface area contributed by atoms with E-state index in [2.05, 4.69) is 15.9 Å². The van der Waals surface area contributed by atoms with E-state index < -0.39 is 0 Å². The largest absolute Gasteiger partial charge is 0.487 e. The molecule has 0 amide bonds. The fraction of sp³-hybridized carbons (Fsp3) is 0.400. The standard InChI is InChI=1S/C10H12BrFO/c1-10(2,7-11)13-9-5-3-4-8(12)6-9/h3-6H,7H2,1-2H3. The fourth-order valence-corrected chi connectivity index (χ4v) is 0.991. The Balaban J connectivity index is 2.74. The van der Waals surface area contributed by atoms with E-state index in [1.54, 1.807) is 12.1 Å². The number of hydrogen-bond acceptors (Lipinski definition) is 1. The second-order valence-corrected chi connectivity index (χ2v) is 4.01. The van der Waals surface area contributed by atoms with E-state index in [-0.39, 0.29) is 11.4 Å². The Kier molecular flexibility index (Phi) is 3.31. The normalized spacial score (nSPS) is 11.4. The van der Waals surface area contributed by atoms with Crippen molar-refractivity contribution in [1.82, 2.24) is 0 Å². The zero-order chi connectivity index (χ0) is 9.90. The van der Waals surface area contributed by atoms with Crippen LogP contribution in [0.25, 0.3) is 0 Å². The van der Waals surface area contributed by atoms with Crippen LogP contribution in [-0.4, -0.2) is 10.9 Å². The molecule has 0 spiro atoms. The fourth-order valence-electron chi connectivity index (χ4n) is 0.877. The van der Waals surface area contributed by atoms with Gasteiger partial charge in [0.15, 0.2) is 0 Å². The van der Waals surface area contributed by atoms with Gasteiger partial charge in [-0.25, -0.2) is 4.39 Å². The molecule has 0 radical (unpaired) electrons. The van der Waals surface area contributed by atoms with E-state index in [0.29, 0.717) is 11.1 Å². The topological polar surface area (TPSA) is 9.23 Å². The summed E-state index contributed by atoms with van der Waals surface area (Å²) in [6.45, 7) is 3.87. The number of benzene rings is 1. The molecule has 3 heteroatoms. The molecule has 0 unspecified atom stereocenters. The number of ether oxygens (including phenoxy) is 1. The second-order valence-electron chi connectivity index (χ2n) is 3.45. The lowest BCUT2D eigenvalue weighted by atomic mass is 10.2. The molecular weight excluding hydrogens is 235 g/mol. The smallest absolute Gasteiger partial charge is 0.126 e. The SMILES string of the molecule is CC(C)(CBr)Oc1cccc(F)c1. The van der Waals surface area contributed by atoms with Gasteiger partial charge in [-0.3, -0.25) is 0 Å². The first-order valence-electron chi connectivity index (χ1n) is 4.04. The average Bonchev–Trinajstić information content (AvgIpc) is 2.03. The molecule has 0 aromatic heterocycles. The lowest BCUT2D eigenvalue weighted by Crippen LogP contribution is -2.29. The highest BCUT2D eigenvalue weighted by atomic mass is 79.9. The van der Waals surface area contributed by atoms with Crippen LogP contribution in [-0.2, 0) is 0 Å². The van der Waals surface area contributed by atoms with Gasteiger partial charge < -0.3 is 4.74 Å². The van der Waals surface area contributed by atoms with Gasteiger partial charge in [-0.1, -0.05) is 22.0 Å². The third-order valence-electron chi connectivity index (χ3n) is 1.51. The van der Waals surface area contributed by atoms with Crippen LogP contribution in [0.5, 0.6) is 5.75 Å². The van der Waals surface area contributed by atoms with Crippen molar-refractivity contribution in [3.8, 4) is 5.75 Å². The van der Waals surface area contributed by atoms with Gasteiger partial charge in [-0.05, 0) is 26.0 Å². The maximum Gasteiger partial charge on any atom is 0.126 e. The van der Waals surface area contributed by atoms with E-state index in [1.165, 1.54) is 12.1 Å². The molecule has 1 aromatic carbocycles. The zero-order valence-corrected chi connectivity index (χ0v) is 9.27. The minimum atomic E-state index is -0.312. The Morgan fingerprint density at radius 2 is 2.15 bits per heavy atom. The predicted octanol–water partition coefficient (Wildman–Crippen LogP) is 3.38. The molecule has 1 aromatic rings. The van der Waals surface area contributed by atoms with E-state index >= 15 is 0 Å². The molecule has 72 valence electrons. The summed E-state index contributed by atoms with van der Waals surface area (Å²) in [5.74, 6) is 0.285. The highest BCUT2D eigenvalue weighted by Gasteiger charge is 2.17. The minimum Gasteiger partial charge on any atom is -0.487 e. The van der Waals surface area contributed by atoms with Crippen molar-refractivity contribution in [2.24, 2.45) is 0 Å². The molecule has 0 N–H and O–H groups in total. The van der Waals surface area contributed by atoms with Crippen LogP contribution < -0.4 is 4.74 Å². The van der Waals surface area contributed by atoms with Crippen LogP contribution in [0.1, 0.15) is 13.8 Å². The molecule has 1 rings (SSSR count). The molecule has 0 saturated heterocycles. The molecule has 13 heavy (non-hydrogen) atoms. The Morgan fingerprint density at radius 1 is 1.46 bits per heavy atom. The second kappa shape index (κ2) is 4.09. The monoisotopic (exact) mass is 246 g/mol. The predicted molar refractivity (Wildman–Crippen MR) is 54.9 cm³/mol. The van der Waals surface area contributed by atoms with Gasteiger partial charge >= 0.3 is 0 Å². The van der Waals surface area contributed by atoms with Crippen LogP contribution in [0.2, 0.25) is 0 Å². The minimum absolute atomic E-state index is 0.275. The molecule has 0 aliphatic heterocycles. The summed E-state index contributed by atoms with van der Waals surface area (Å²) in [5, 5.41) is 0.705. The highest BCUT2D eigenvalue weighted by Crippen LogP contribution is 2.20. The molecule has 0 bridgehead atoms. The van der Waals surface area contributed by atoms with Gasteiger partial charge in [-0.2, -0.15) is 0 Å². The van der Waals surface area contributed by atoms with Gasteiger partial charge in [0.25, 0.3) is 0 Å². The van der Waals surface area contributed by atoms with E-state index in [9.17, 15) is 4.39 Å². The maximum absolute atomic E-state index is 12.8. The molecule has 0 aliphatic rings. The molecule has 0 fully saturated rings. The number of rotatable bonds is 3. The Morgan fingerprint density at radius 3 is 2.69 bits per heavy atom. The van der Waals surface area contributed by atoms with Crippen molar-refractivity contribution in [3.05, 3.63) is 30.1 Å². The molecule has 0 atom stereocenters. The lowest BCUT2D eigenvalue weighted by Gasteiger charge is -2.23. The lowest BCUT2D eigenvalue weighted by molar-refractivity contribution is 0.137. The van der Waals surface area contributed by atoms with E-state index in [1.807, 2.05) is 13.8 Å².